The van der Waals surface area contributed by atoms with Crippen molar-refractivity contribution in [1.29, 1.82) is 0 Å². The number of rotatable bonds is 3. The van der Waals surface area contributed by atoms with Crippen molar-refractivity contribution in [3.8, 4) is 0 Å². The van der Waals surface area contributed by atoms with Gasteiger partial charge in [-0.25, -0.2) is 0 Å². The molecule has 0 spiro atoms. The third-order valence-corrected chi connectivity index (χ3v) is 4.74. The number of hydrogen-bond donors (Lipinski definition) is 1. The van der Waals surface area contributed by atoms with Crippen LogP contribution in [0.1, 0.15) is 50.0 Å². The van der Waals surface area contributed by atoms with Gasteiger partial charge in [0.25, 0.3) is 0 Å². The maximum atomic E-state index is 12.8. The molecule has 0 saturated heterocycles. The SMILES string of the molecule is Cc1c(Br)c(C(F)(F)F)nn1[C@@H](C)C(=O)NC1CCCC1. The van der Waals surface area contributed by atoms with Crippen molar-refractivity contribution in [2.75, 3.05) is 0 Å². The molecule has 1 amide bonds. The van der Waals surface area contributed by atoms with Crippen molar-refractivity contribution in [2.45, 2.75) is 57.8 Å². The molecular weight excluding hydrogens is 351 g/mol. The van der Waals surface area contributed by atoms with E-state index in [-0.39, 0.29) is 22.1 Å². The predicted molar refractivity (Wildman–Crippen MR) is 74.8 cm³/mol. The topological polar surface area (TPSA) is 46.9 Å². The summed E-state index contributed by atoms with van der Waals surface area (Å²) in [4.78, 5) is 12.2. The van der Waals surface area contributed by atoms with Gasteiger partial charge in [-0.05, 0) is 42.6 Å². The van der Waals surface area contributed by atoms with Gasteiger partial charge in [0, 0.05) is 6.04 Å². The molecule has 0 unspecified atom stereocenters. The first-order chi connectivity index (χ1) is 9.71. The fraction of sp³-hybridized carbons (Fsp3) is 0.692. The summed E-state index contributed by atoms with van der Waals surface area (Å²) in [6.45, 7) is 3.06. The van der Waals surface area contributed by atoms with Crippen molar-refractivity contribution < 1.29 is 18.0 Å². The maximum Gasteiger partial charge on any atom is 0.436 e. The Kier molecular flexibility index (Phi) is 4.65. The lowest BCUT2D eigenvalue weighted by atomic mass is 10.2. The molecule has 1 aliphatic carbocycles. The number of halogens is 4. The fourth-order valence-corrected chi connectivity index (χ4v) is 3.05. The normalized spacial score (nSPS) is 18.0. The van der Waals surface area contributed by atoms with E-state index < -0.39 is 17.9 Å². The van der Waals surface area contributed by atoms with Crippen molar-refractivity contribution in [2.24, 2.45) is 0 Å². The highest BCUT2D eigenvalue weighted by Gasteiger charge is 2.39. The van der Waals surface area contributed by atoms with Crippen LogP contribution in [0.3, 0.4) is 0 Å². The fourth-order valence-electron chi connectivity index (χ4n) is 2.56. The Morgan fingerprint density at radius 3 is 2.48 bits per heavy atom. The molecule has 0 aliphatic heterocycles. The van der Waals surface area contributed by atoms with Gasteiger partial charge in [-0.2, -0.15) is 18.3 Å². The minimum absolute atomic E-state index is 0.115. The Morgan fingerprint density at radius 1 is 1.43 bits per heavy atom. The van der Waals surface area contributed by atoms with Crippen LogP contribution < -0.4 is 5.32 Å². The first kappa shape index (κ1) is 16.3. The average Bonchev–Trinajstić information content (AvgIpc) is 2.98. The van der Waals surface area contributed by atoms with Crippen molar-refractivity contribution >= 4 is 21.8 Å². The van der Waals surface area contributed by atoms with Crippen LogP contribution >= 0.6 is 15.9 Å². The highest BCUT2D eigenvalue weighted by Crippen LogP contribution is 2.36. The molecule has 1 aromatic rings. The van der Waals surface area contributed by atoms with E-state index in [4.69, 9.17) is 0 Å². The Bertz CT molecular complexity index is 535. The van der Waals surface area contributed by atoms with E-state index >= 15 is 0 Å². The van der Waals surface area contributed by atoms with Crippen molar-refractivity contribution in [3.05, 3.63) is 15.9 Å². The van der Waals surface area contributed by atoms with E-state index in [0.29, 0.717) is 0 Å². The highest BCUT2D eigenvalue weighted by atomic mass is 79.9. The monoisotopic (exact) mass is 367 g/mol. The second kappa shape index (κ2) is 5.98. The van der Waals surface area contributed by atoms with Gasteiger partial charge in [-0.15, -0.1) is 0 Å². The van der Waals surface area contributed by atoms with Gasteiger partial charge in [0.1, 0.15) is 6.04 Å². The molecular formula is C13H17BrF3N3O. The van der Waals surface area contributed by atoms with Crippen molar-refractivity contribution in [1.82, 2.24) is 15.1 Å². The Balaban J connectivity index is 2.18. The first-order valence-corrected chi connectivity index (χ1v) is 7.63. The minimum atomic E-state index is -4.55. The quantitative estimate of drug-likeness (QED) is 0.887. The van der Waals surface area contributed by atoms with E-state index in [1.807, 2.05) is 0 Å². The third kappa shape index (κ3) is 3.41. The molecule has 1 aromatic heterocycles. The summed E-state index contributed by atoms with van der Waals surface area (Å²) in [5, 5.41) is 6.44. The van der Waals surface area contributed by atoms with Gasteiger partial charge in [-0.3, -0.25) is 9.48 Å². The molecule has 1 saturated carbocycles. The summed E-state index contributed by atoms with van der Waals surface area (Å²) in [5.74, 6) is -0.297. The Morgan fingerprint density at radius 2 is 2.00 bits per heavy atom. The van der Waals surface area contributed by atoms with Crippen LogP contribution in [0.15, 0.2) is 4.47 Å². The summed E-state index contributed by atoms with van der Waals surface area (Å²) >= 11 is 2.91. The minimum Gasteiger partial charge on any atom is -0.352 e. The summed E-state index contributed by atoms with van der Waals surface area (Å²) in [5.41, 5.74) is -0.711. The molecule has 0 radical (unpaired) electrons. The van der Waals surface area contributed by atoms with Crippen LogP contribution in [0.2, 0.25) is 0 Å². The van der Waals surface area contributed by atoms with Crippen molar-refractivity contribution in [3.63, 3.8) is 0 Å². The lowest BCUT2D eigenvalue weighted by molar-refractivity contribution is -0.142. The van der Waals surface area contributed by atoms with Crippen LogP contribution in [-0.2, 0) is 11.0 Å². The number of carbonyl (C=O) groups is 1. The number of carbonyl (C=O) groups excluding carboxylic acids is 1. The number of nitrogens with zero attached hydrogens (tertiary/aromatic N) is 2. The molecule has 2 rings (SSSR count). The van der Waals surface area contributed by atoms with Crippen LogP contribution in [0, 0.1) is 6.92 Å². The van der Waals surface area contributed by atoms with Gasteiger partial charge < -0.3 is 5.32 Å². The average molecular weight is 368 g/mol. The van der Waals surface area contributed by atoms with Gasteiger partial charge in [0.15, 0.2) is 5.69 Å². The van der Waals surface area contributed by atoms with Crippen LogP contribution in [0.4, 0.5) is 13.2 Å². The zero-order valence-electron chi connectivity index (χ0n) is 11.8. The highest BCUT2D eigenvalue weighted by molar-refractivity contribution is 9.10. The largest absolute Gasteiger partial charge is 0.436 e. The molecule has 0 bridgehead atoms. The lowest BCUT2D eigenvalue weighted by Crippen LogP contribution is -2.38. The number of nitrogens with one attached hydrogen (secondary N) is 1. The van der Waals surface area contributed by atoms with Crippen LogP contribution in [0.5, 0.6) is 0 Å². The molecule has 0 aromatic carbocycles. The molecule has 1 aliphatic rings. The number of hydrogen-bond acceptors (Lipinski definition) is 2. The Hall–Kier alpha value is -1.05. The van der Waals surface area contributed by atoms with E-state index in [1.165, 1.54) is 6.92 Å². The van der Waals surface area contributed by atoms with Gasteiger partial charge in [-0.1, -0.05) is 12.8 Å². The molecule has 1 fully saturated rings. The molecule has 21 heavy (non-hydrogen) atoms. The summed E-state index contributed by atoms with van der Waals surface area (Å²) < 4.78 is 39.5. The van der Waals surface area contributed by atoms with Gasteiger partial charge in [0.05, 0.1) is 10.2 Å². The number of alkyl halides is 3. The third-order valence-electron chi connectivity index (χ3n) is 3.79. The zero-order valence-corrected chi connectivity index (χ0v) is 13.4. The van der Waals surface area contributed by atoms with E-state index in [2.05, 4.69) is 26.3 Å². The molecule has 118 valence electrons. The standard InChI is InChI=1S/C13H17BrF3N3O/c1-7-10(14)11(13(15,16)17)19-20(7)8(2)12(21)18-9-5-3-4-6-9/h8-9H,3-6H2,1-2H3,(H,18,21)/t8-/m0/s1. The lowest BCUT2D eigenvalue weighted by Gasteiger charge is -2.18. The van der Waals surface area contributed by atoms with Gasteiger partial charge >= 0.3 is 6.18 Å². The van der Waals surface area contributed by atoms with E-state index in [1.54, 1.807) is 6.92 Å². The summed E-state index contributed by atoms with van der Waals surface area (Å²) in [6, 6.07) is -0.653. The van der Waals surface area contributed by atoms with E-state index in [0.717, 1.165) is 30.4 Å². The maximum absolute atomic E-state index is 12.8. The second-order valence-corrected chi connectivity index (χ2v) is 6.15. The molecule has 8 heteroatoms. The van der Waals surface area contributed by atoms with E-state index in [9.17, 15) is 18.0 Å². The summed E-state index contributed by atoms with van der Waals surface area (Å²) in [7, 11) is 0. The molecule has 1 atom stereocenters. The zero-order chi connectivity index (χ0) is 15.8. The summed E-state index contributed by atoms with van der Waals surface area (Å²) in [6.07, 6.45) is -0.549. The van der Waals surface area contributed by atoms with Crippen LogP contribution in [-0.4, -0.2) is 21.7 Å². The number of aromatic nitrogens is 2. The predicted octanol–water partition coefficient (Wildman–Crippen LogP) is 3.59. The smallest absolute Gasteiger partial charge is 0.352 e. The number of amides is 1. The molecule has 1 N–H and O–H groups in total. The molecule has 1 heterocycles. The molecule has 4 nitrogen and oxygen atoms in total. The first-order valence-electron chi connectivity index (χ1n) is 6.84. The second-order valence-electron chi connectivity index (χ2n) is 5.36. The van der Waals surface area contributed by atoms with Gasteiger partial charge in [0.2, 0.25) is 5.91 Å². The van der Waals surface area contributed by atoms with Crippen LogP contribution in [0.25, 0.3) is 0 Å². The Labute approximate surface area is 129 Å².